The Kier molecular flexibility index (Phi) is 4.28. The zero-order chi connectivity index (χ0) is 17.3. The predicted molar refractivity (Wildman–Crippen MR) is 86.3 cm³/mol. The maximum absolute atomic E-state index is 12.9. The summed E-state index contributed by atoms with van der Waals surface area (Å²) in [6, 6.07) is 11.4. The maximum atomic E-state index is 12.9. The Bertz CT molecular complexity index is 841. The minimum absolute atomic E-state index is 0.0745. The quantitative estimate of drug-likeness (QED) is 0.794. The molecule has 5 nitrogen and oxygen atoms in total. The molecule has 1 amide bonds. The van der Waals surface area contributed by atoms with Gasteiger partial charge in [-0.2, -0.15) is 0 Å². The molecule has 0 radical (unpaired) electrons. The molecule has 3 rings (SSSR count). The summed E-state index contributed by atoms with van der Waals surface area (Å²) < 4.78 is 42.8. The lowest BCUT2D eigenvalue weighted by molar-refractivity contribution is 0.0659. The topological polar surface area (TPSA) is 63.7 Å². The van der Waals surface area contributed by atoms with Gasteiger partial charge < -0.3 is 9.64 Å². The van der Waals surface area contributed by atoms with Crippen LogP contribution in [0.15, 0.2) is 53.4 Å². The molecule has 2 aromatic rings. The van der Waals surface area contributed by atoms with E-state index in [0.717, 1.165) is 12.1 Å². The Morgan fingerprint density at radius 2 is 1.67 bits per heavy atom. The molecule has 0 aromatic heterocycles. The summed E-state index contributed by atoms with van der Waals surface area (Å²) >= 11 is 0. The second-order valence-electron chi connectivity index (χ2n) is 5.56. The third-order valence-electron chi connectivity index (χ3n) is 4.05. The van der Waals surface area contributed by atoms with Gasteiger partial charge in [-0.05, 0) is 48.5 Å². The number of carbonyl (C=O) groups is 1. The Morgan fingerprint density at radius 3 is 2.21 bits per heavy atom. The predicted octanol–water partition coefficient (Wildman–Crippen LogP) is 2.13. The summed E-state index contributed by atoms with van der Waals surface area (Å²) in [6.45, 7) is 0.259. The molecule has 0 aliphatic carbocycles. The van der Waals surface area contributed by atoms with Crippen molar-refractivity contribution in [1.29, 1.82) is 0 Å². The van der Waals surface area contributed by atoms with Crippen molar-refractivity contribution >= 4 is 15.7 Å². The van der Waals surface area contributed by atoms with Crippen LogP contribution in [0, 0.1) is 5.82 Å². The average Bonchev–Trinajstić information content (AvgIpc) is 2.53. The highest BCUT2D eigenvalue weighted by Crippen LogP contribution is 2.25. The molecule has 2 aromatic carbocycles. The smallest absolute Gasteiger partial charge is 0.253 e. The van der Waals surface area contributed by atoms with Gasteiger partial charge in [-0.15, -0.1) is 0 Å². The summed E-state index contributed by atoms with van der Waals surface area (Å²) in [6.07, 6.45) is 0. The SMILES string of the molecule is COc1ccc(C(=O)N2CC(S(=O)(=O)c3ccc(F)cc3)C2)cc1. The van der Waals surface area contributed by atoms with Crippen molar-refractivity contribution in [3.8, 4) is 5.75 Å². The molecule has 1 fully saturated rings. The zero-order valence-electron chi connectivity index (χ0n) is 13.0. The van der Waals surface area contributed by atoms with Gasteiger partial charge in [0.05, 0.1) is 12.0 Å². The van der Waals surface area contributed by atoms with Gasteiger partial charge in [0.15, 0.2) is 9.84 Å². The number of ether oxygens (including phenoxy) is 1. The molecule has 7 heteroatoms. The van der Waals surface area contributed by atoms with Crippen molar-refractivity contribution in [2.24, 2.45) is 0 Å². The number of methoxy groups -OCH3 is 1. The number of rotatable bonds is 4. The standard InChI is InChI=1S/C17H16FNO4S/c1-23-14-6-2-12(3-7-14)17(20)19-10-16(11-19)24(21,22)15-8-4-13(18)5-9-15/h2-9,16H,10-11H2,1H3. The average molecular weight is 349 g/mol. The second kappa shape index (κ2) is 6.24. The molecule has 24 heavy (non-hydrogen) atoms. The van der Waals surface area contributed by atoms with Gasteiger partial charge in [0.2, 0.25) is 0 Å². The zero-order valence-corrected chi connectivity index (χ0v) is 13.8. The number of sulfone groups is 1. The van der Waals surface area contributed by atoms with E-state index < -0.39 is 20.9 Å². The van der Waals surface area contributed by atoms with Crippen LogP contribution in [0.3, 0.4) is 0 Å². The second-order valence-corrected chi connectivity index (χ2v) is 7.79. The lowest BCUT2D eigenvalue weighted by atomic mass is 10.1. The number of benzene rings is 2. The number of likely N-dealkylation sites (tertiary alicyclic amines) is 1. The number of hydrogen-bond donors (Lipinski definition) is 0. The molecule has 0 spiro atoms. The Morgan fingerprint density at radius 1 is 1.08 bits per heavy atom. The van der Waals surface area contributed by atoms with Gasteiger partial charge in [-0.1, -0.05) is 0 Å². The van der Waals surface area contributed by atoms with Gasteiger partial charge >= 0.3 is 0 Å². The first-order chi connectivity index (χ1) is 11.4. The molecule has 0 N–H and O–H groups in total. The molecule has 0 unspecified atom stereocenters. The van der Waals surface area contributed by atoms with E-state index in [1.165, 1.54) is 24.1 Å². The first-order valence-corrected chi connectivity index (χ1v) is 8.89. The van der Waals surface area contributed by atoms with Crippen molar-refractivity contribution in [3.63, 3.8) is 0 Å². The summed E-state index contributed by atoms with van der Waals surface area (Å²) in [7, 11) is -2.02. The van der Waals surface area contributed by atoms with Crippen molar-refractivity contribution in [3.05, 3.63) is 59.9 Å². The molecular weight excluding hydrogens is 333 g/mol. The molecule has 0 atom stereocenters. The molecule has 126 valence electrons. The fourth-order valence-electron chi connectivity index (χ4n) is 2.53. The van der Waals surface area contributed by atoms with Crippen LogP contribution in [0.1, 0.15) is 10.4 Å². The van der Waals surface area contributed by atoms with E-state index in [1.807, 2.05) is 0 Å². The van der Waals surface area contributed by atoms with Crippen LogP contribution >= 0.6 is 0 Å². The van der Waals surface area contributed by atoms with E-state index in [0.29, 0.717) is 11.3 Å². The van der Waals surface area contributed by atoms with Crippen molar-refractivity contribution < 1.29 is 22.3 Å². The lowest BCUT2D eigenvalue weighted by Gasteiger charge is -2.38. The Hall–Kier alpha value is -2.41. The van der Waals surface area contributed by atoms with Gasteiger partial charge in [-0.25, -0.2) is 12.8 Å². The number of hydrogen-bond acceptors (Lipinski definition) is 4. The van der Waals surface area contributed by atoms with Crippen molar-refractivity contribution in [2.45, 2.75) is 10.1 Å². The first kappa shape index (κ1) is 16.4. The van der Waals surface area contributed by atoms with Gasteiger partial charge in [-0.3, -0.25) is 4.79 Å². The van der Waals surface area contributed by atoms with Crippen LogP contribution in [0.5, 0.6) is 5.75 Å². The number of halogens is 1. The highest BCUT2D eigenvalue weighted by Gasteiger charge is 2.40. The number of carbonyl (C=O) groups excluding carboxylic acids is 1. The first-order valence-electron chi connectivity index (χ1n) is 7.34. The molecule has 0 bridgehead atoms. The molecule has 1 aliphatic rings. The highest BCUT2D eigenvalue weighted by molar-refractivity contribution is 7.92. The maximum Gasteiger partial charge on any atom is 0.253 e. The highest BCUT2D eigenvalue weighted by atomic mass is 32.2. The number of nitrogens with zero attached hydrogens (tertiary/aromatic N) is 1. The lowest BCUT2D eigenvalue weighted by Crippen LogP contribution is -2.56. The van der Waals surface area contributed by atoms with Gasteiger partial charge in [0.1, 0.15) is 16.8 Å². The minimum atomic E-state index is -3.56. The third kappa shape index (κ3) is 2.99. The van der Waals surface area contributed by atoms with E-state index in [2.05, 4.69) is 0 Å². The van der Waals surface area contributed by atoms with Gasteiger partial charge in [0.25, 0.3) is 5.91 Å². The minimum Gasteiger partial charge on any atom is -0.497 e. The van der Waals surface area contributed by atoms with Gasteiger partial charge in [0, 0.05) is 18.7 Å². The fourth-order valence-corrected chi connectivity index (χ4v) is 4.19. The summed E-state index contributed by atoms with van der Waals surface area (Å²) in [5.41, 5.74) is 0.480. The van der Waals surface area contributed by atoms with Crippen LogP contribution in [-0.4, -0.2) is 44.7 Å². The fraction of sp³-hybridized carbons (Fsp3) is 0.235. The van der Waals surface area contributed by atoms with E-state index in [1.54, 1.807) is 24.3 Å². The summed E-state index contributed by atoms with van der Waals surface area (Å²) in [5, 5.41) is -0.662. The molecule has 1 heterocycles. The van der Waals surface area contributed by atoms with E-state index in [-0.39, 0.29) is 23.9 Å². The largest absolute Gasteiger partial charge is 0.497 e. The Labute approximate surface area is 139 Å². The van der Waals surface area contributed by atoms with Crippen molar-refractivity contribution in [2.75, 3.05) is 20.2 Å². The Balaban J connectivity index is 1.67. The van der Waals surface area contributed by atoms with Crippen LogP contribution in [0.4, 0.5) is 4.39 Å². The molecular formula is C17H16FNO4S. The number of amides is 1. The van der Waals surface area contributed by atoms with Crippen LogP contribution in [-0.2, 0) is 9.84 Å². The van der Waals surface area contributed by atoms with E-state index >= 15 is 0 Å². The summed E-state index contributed by atoms with van der Waals surface area (Å²) in [4.78, 5) is 13.9. The monoisotopic (exact) mass is 349 g/mol. The van der Waals surface area contributed by atoms with E-state index in [4.69, 9.17) is 4.74 Å². The summed E-state index contributed by atoms with van der Waals surface area (Å²) in [5.74, 6) is -0.0611. The van der Waals surface area contributed by atoms with Crippen LogP contribution < -0.4 is 4.74 Å². The normalized spacial score (nSPS) is 15.0. The van der Waals surface area contributed by atoms with Crippen LogP contribution in [0.25, 0.3) is 0 Å². The van der Waals surface area contributed by atoms with Crippen LogP contribution in [0.2, 0.25) is 0 Å². The van der Waals surface area contributed by atoms with E-state index in [9.17, 15) is 17.6 Å². The molecule has 1 saturated heterocycles. The molecule has 1 aliphatic heterocycles. The molecule has 0 saturated carbocycles. The van der Waals surface area contributed by atoms with Crippen molar-refractivity contribution in [1.82, 2.24) is 4.90 Å². The third-order valence-corrected chi connectivity index (χ3v) is 6.16.